The number of fused-ring (bicyclic) bond motifs is 1. The minimum absolute atomic E-state index is 0.0697. The molecular weight excluding hydrogens is 222 g/mol. The zero-order valence-corrected chi connectivity index (χ0v) is 10.3. The third-order valence-corrected chi connectivity index (χ3v) is 3.35. The Bertz CT molecular complexity index is 342. The zero-order chi connectivity index (χ0) is 11.4. The van der Waals surface area contributed by atoms with E-state index in [2.05, 4.69) is 29.6 Å². The predicted octanol–water partition coefficient (Wildman–Crippen LogP) is 2.17. The lowest BCUT2D eigenvalue weighted by Gasteiger charge is -2.30. The molecule has 1 aromatic rings. The van der Waals surface area contributed by atoms with E-state index in [0.717, 1.165) is 13.1 Å². The molecule has 0 aromatic heterocycles. The van der Waals surface area contributed by atoms with Crippen LogP contribution in [0.5, 0.6) is 0 Å². The molecule has 0 spiro atoms. The molecule has 2 atom stereocenters. The standard InChI is InChI=1S/C13H18ClNO/c1-16-9-12(14)8-15-7-11-6-10-4-2-3-5-13(10)11/h2-5,11-12,15H,6-9H2,1H3. The number of hydrogen-bond donors (Lipinski definition) is 1. The number of hydrogen-bond acceptors (Lipinski definition) is 2. The van der Waals surface area contributed by atoms with Crippen LogP contribution in [0, 0.1) is 0 Å². The van der Waals surface area contributed by atoms with E-state index < -0.39 is 0 Å². The van der Waals surface area contributed by atoms with Crippen LogP contribution >= 0.6 is 11.6 Å². The van der Waals surface area contributed by atoms with E-state index in [-0.39, 0.29) is 5.38 Å². The highest BCUT2D eigenvalue weighted by Gasteiger charge is 2.24. The van der Waals surface area contributed by atoms with Crippen LogP contribution in [0.3, 0.4) is 0 Å². The summed E-state index contributed by atoms with van der Waals surface area (Å²) in [4.78, 5) is 0. The summed E-state index contributed by atoms with van der Waals surface area (Å²) in [6.07, 6.45) is 1.19. The molecule has 2 unspecified atom stereocenters. The molecule has 88 valence electrons. The van der Waals surface area contributed by atoms with Crippen molar-refractivity contribution < 1.29 is 4.74 Å². The summed E-state index contributed by atoms with van der Waals surface area (Å²) in [5, 5.41) is 3.47. The summed E-state index contributed by atoms with van der Waals surface area (Å²) >= 11 is 6.04. The molecule has 16 heavy (non-hydrogen) atoms. The van der Waals surface area contributed by atoms with E-state index in [1.54, 1.807) is 7.11 Å². The van der Waals surface area contributed by atoms with Gasteiger partial charge in [-0.05, 0) is 17.5 Å². The summed E-state index contributed by atoms with van der Waals surface area (Å²) in [7, 11) is 1.68. The van der Waals surface area contributed by atoms with E-state index >= 15 is 0 Å². The average Bonchev–Trinajstić information content (AvgIpc) is 2.25. The van der Waals surface area contributed by atoms with Gasteiger partial charge in [-0.15, -0.1) is 11.6 Å². The van der Waals surface area contributed by atoms with Gasteiger partial charge in [0.2, 0.25) is 0 Å². The van der Waals surface area contributed by atoms with Crippen molar-refractivity contribution in [2.24, 2.45) is 0 Å². The van der Waals surface area contributed by atoms with E-state index in [1.165, 1.54) is 17.5 Å². The quantitative estimate of drug-likeness (QED) is 0.769. The molecule has 0 saturated heterocycles. The largest absolute Gasteiger partial charge is 0.383 e. The maximum absolute atomic E-state index is 6.04. The van der Waals surface area contributed by atoms with Gasteiger partial charge in [0, 0.05) is 26.1 Å². The average molecular weight is 240 g/mol. The Morgan fingerprint density at radius 2 is 2.31 bits per heavy atom. The van der Waals surface area contributed by atoms with Gasteiger partial charge in [-0.1, -0.05) is 24.3 Å². The van der Waals surface area contributed by atoms with Crippen LogP contribution in [0.4, 0.5) is 0 Å². The van der Waals surface area contributed by atoms with Gasteiger partial charge in [-0.2, -0.15) is 0 Å². The van der Waals surface area contributed by atoms with Crippen molar-refractivity contribution in [3.63, 3.8) is 0 Å². The molecule has 0 fully saturated rings. The van der Waals surface area contributed by atoms with E-state index in [9.17, 15) is 0 Å². The van der Waals surface area contributed by atoms with Crippen molar-refractivity contribution in [2.75, 3.05) is 26.8 Å². The van der Waals surface area contributed by atoms with E-state index in [4.69, 9.17) is 16.3 Å². The number of rotatable bonds is 6. The molecule has 0 radical (unpaired) electrons. The summed E-state index contributed by atoms with van der Waals surface area (Å²) in [5.41, 5.74) is 2.99. The Labute approximate surface area is 102 Å². The fourth-order valence-corrected chi connectivity index (χ4v) is 2.43. The lowest BCUT2D eigenvalue weighted by molar-refractivity contribution is 0.196. The van der Waals surface area contributed by atoms with Crippen LogP contribution in [-0.2, 0) is 11.2 Å². The molecule has 0 bridgehead atoms. The number of benzene rings is 1. The van der Waals surface area contributed by atoms with Crippen molar-refractivity contribution in [3.05, 3.63) is 35.4 Å². The smallest absolute Gasteiger partial charge is 0.0693 e. The molecule has 0 heterocycles. The van der Waals surface area contributed by atoms with Gasteiger partial charge in [0.05, 0.1) is 12.0 Å². The van der Waals surface area contributed by atoms with Crippen LogP contribution in [0.15, 0.2) is 24.3 Å². The van der Waals surface area contributed by atoms with Crippen molar-refractivity contribution in [1.29, 1.82) is 0 Å². The van der Waals surface area contributed by atoms with Crippen LogP contribution < -0.4 is 5.32 Å². The second-order valence-electron chi connectivity index (χ2n) is 4.31. The maximum atomic E-state index is 6.04. The van der Waals surface area contributed by atoms with Crippen LogP contribution in [-0.4, -0.2) is 32.2 Å². The second kappa shape index (κ2) is 5.67. The SMILES string of the molecule is COCC(Cl)CNCC1Cc2ccccc21. The minimum Gasteiger partial charge on any atom is -0.383 e. The van der Waals surface area contributed by atoms with E-state index in [0.29, 0.717) is 12.5 Å². The van der Waals surface area contributed by atoms with Crippen molar-refractivity contribution in [3.8, 4) is 0 Å². The summed E-state index contributed by atoms with van der Waals surface area (Å²) in [5.74, 6) is 0.669. The lowest BCUT2D eigenvalue weighted by atomic mass is 9.77. The first kappa shape index (κ1) is 11.9. The summed E-state index contributed by atoms with van der Waals surface area (Å²) in [6.45, 7) is 2.44. The Hall–Kier alpha value is -0.570. The number of methoxy groups -OCH3 is 1. The molecule has 2 rings (SSSR count). The second-order valence-corrected chi connectivity index (χ2v) is 4.93. The first-order valence-electron chi connectivity index (χ1n) is 5.72. The molecule has 2 nitrogen and oxygen atoms in total. The number of nitrogens with one attached hydrogen (secondary N) is 1. The van der Waals surface area contributed by atoms with Crippen LogP contribution in [0.25, 0.3) is 0 Å². The molecule has 1 N–H and O–H groups in total. The van der Waals surface area contributed by atoms with Gasteiger partial charge in [0.15, 0.2) is 0 Å². The molecule has 3 heteroatoms. The van der Waals surface area contributed by atoms with Crippen LogP contribution in [0.2, 0.25) is 0 Å². The van der Waals surface area contributed by atoms with Gasteiger partial charge in [-0.25, -0.2) is 0 Å². The number of ether oxygens (including phenoxy) is 1. The molecule has 0 saturated carbocycles. The Morgan fingerprint density at radius 1 is 1.50 bits per heavy atom. The van der Waals surface area contributed by atoms with Gasteiger partial charge < -0.3 is 10.1 Å². The molecule has 1 aromatic carbocycles. The van der Waals surface area contributed by atoms with Crippen molar-refractivity contribution >= 4 is 11.6 Å². The van der Waals surface area contributed by atoms with Gasteiger partial charge in [-0.3, -0.25) is 0 Å². The first-order valence-corrected chi connectivity index (χ1v) is 6.16. The third kappa shape index (κ3) is 2.76. The Balaban J connectivity index is 1.70. The topological polar surface area (TPSA) is 21.3 Å². The highest BCUT2D eigenvalue weighted by atomic mass is 35.5. The monoisotopic (exact) mass is 239 g/mol. The van der Waals surface area contributed by atoms with Crippen LogP contribution in [0.1, 0.15) is 17.0 Å². The maximum Gasteiger partial charge on any atom is 0.0693 e. The molecule has 0 aliphatic heterocycles. The van der Waals surface area contributed by atoms with Crippen molar-refractivity contribution in [1.82, 2.24) is 5.32 Å². The van der Waals surface area contributed by atoms with Gasteiger partial charge in [0.25, 0.3) is 0 Å². The normalized spacial score (nSPS) is 20.0. The lowest BCUT2D eigenvalue weighted by Crippen LogP contribution is -2.33. The third-order valence-electron chi connectivity index (χ3n) is 3.07. The highest BCUT2D eigenvalue weighted by Crippen LogP contribution is 2.33. The first-order chi connectivity index (χ1) is 7.81. The fourth-order valence-electron chi connectivity index (χ4n) is 2.20. The molecule has 1 aliphatic rings. The molecular formula is C13H18ClNO. The number of alkyl halides is 1. The Kier molecular flexibility index (Phi) is 4.22. The summed E-state index contributed by atoms with van der Waals surface area (Å²) < 4.78 is 4.99. The van der Waals surface area contributed by atoms with Gasteiger partial charge >= 0.3 is 0 Å². The van der Waals surface area contributed by atoms with Crippen molar-refractivity contribution in [2.45, 2.75) is 17.7 Å². The predicted molar refractivity (Wildman–Crippen MR) is 67.3 cm³/mol. The van der Waals surface area contributed by atoms with Gasteiger partial charge in [0.1, 0.15) is 0 Å². The minimum atomic E-state index is 0.0697. The fraction of sp³-hybridized carbons (Fsp3) is 0.538. The Morgan fingerprint density at radius 3 is 3.06 bits per heavy atom. The molecule has 0 amide bonds. The van der Waals surface area contributed by atoms with E-state index in [1.807, 2.05) is 0 Å². The zero-order valence-electron chi connectivity index (χ0n) is 9.58. The molecule has 1 aliphatic carbocycles. The summed E-state index contributed by atoms with van der Waals surface area (Å²) in [6, 6.07) is 8.65. The number of halogens is 1. The highest BCUT2D eigenvalue weighted by molar-refractivity contribution is 6.20.